The maximum atomic E-state index is 12.2. The van der Waals surface area contributed by atoms with Gasteiger partial charge in [0, 0.05) is 12.3 Å². The fourth-order valence-corrected chi connectivity index (χ4v) is 2.43. The molecule has 0 unspecified atom stereocenters. The number of hydrogen-bond donors (Lipinski definition) is 1. The molecule has 0 saturated heterocycles. The number of ether oxygens (including phenoxy) is 1. The average molecular weight is 352 g/mol. The van der Waals surface area contributed by atoms with Gasteiger partial charge in [-0.1, -0.05) is 12.1 Å². The van der Waals surface area contributed by atoms with Gasteiger partial charge in [-0.05, 0) is 36.4 Å². The van der Waals surface area contributed by atoms with E-state index < -0.39 is 10.8 Å². The lowest BCUT2D eigenvalue weighted by Gasteiger charge is -2.05. The molecule has 1 amide bonds. The molecule has 3 aromatic rings. The Bertz CT molecular complexity index is 934. The van der Waals surface area contributed by atoms with Gasteiger partial charge in [0.15, 0.2) is 0 Å². The van der Waals surface area contributed by atoms with Crippen molar-refractivity contribution in [3.05, 3.63) is 82.2 Å². The Morgan fingerprint density at radius 1 is 1.19 bits per heavy atom. The van der Waals surface area contributed by atoms with Gasteiger partial charge in [-0.3, -0.25) is 14.9 Å². The van der Waals surface area contributed by atoms with Crippen LogP contribution in [-0.4, -0.2) is 27.7 Å². The molecule has 0 aliphatic carbocycles. The Labute approximate surface area is 149 Å². The maximum absolute atomic E-state index is 12.2. The minimum Gasteiger partial charge on any atom is -0.497 e. The second-order valence-electron chi connectivity index (χ2n) is 5.41. The first kappa shape index (κ1) is 17.2. The molecule has 26 heavy (non-hydrogen) atoms. The van der Waals surface area contributed by atoms with Gasteiger partial charge in [0.1, 0.15) is 11.3 Å². The summed E-state index contributed by atoms with van der Waals surface area (Å²) >= 11 is 0. The minimum absolute atomic E-state index is 0.0205. The van der Waals surface area contributed by atoms with Crippen LogP contribution in [0.1, 0.15) is 16.1 Å². The molecule has 0 radical (unpaired) electrons. The van der Waals surface area contributed by atoms with E-state index in [0.29, 0.717) is 5.69 Å². The zero-order valence-electron chi connectivity index (χ0n) is 14.0. The number of carbonyl (C=O) groups excluding carboxylic acids is 1. The summed E-state index contributed by atoms with van der Waals surface area (Å²) in [4.78, 5) is 22.7. The number of nitrogens with one attached hydrogen (secondary N) is 1. The highest BCUT2D eigenvalue weighted by atomic mass is 16.6. The molecular formula is C18H16N4O4. The first-order chi connectivity index (χ1) is 12.6. The van der Waals surface area contributed by atoms with Crippen molar-refractivity contribution in [3.8, 4) is 11.4 Å². The van der Waals surface area contributed by atoms with E-state index in [0.717, 1.165) is 11.4 Å². The third kappa shape index (κ3) is 3.69. The number of amides is 1. The standard InChI is InChI=1S/C18H16N4O4/c1-26-15-8-6-14(7-9-15)21-11-10-13(20-21)12-19-18(23)16-4-2-3-5-17(16)22(24)25/h2-11H,12H2,1H3,(H,19,23). The van der Waals surface area contributed by atoms with Crippen LogP contribution in [0.2, 0.25) is 0 Å². The quantitative estimate of drug-likeness (QED) is 0.543. The number of nitro benzene ring substituents is 1. The molecule has 0 aliphatic heterocycles. The van der Waals surface area contributed by atoms with Crippen molar-refractivity contribution < 1.29 is 14.5 Å². The molecule has 132 valence electrons. The van der Waals surface area contributed by atoms with E-state index in [1.807, 2.05) is 24.3 Å². The lowest BCUT2D eigenvalue weighted by atomic mass is 10.1. The van der Waals surface area contributed by atoms with Gasteiger partial charge in [-0.2, -0.15) is 5.10 Å². The second-order valence-corrected chi connectivity index (χ2v) is 5.41. The lowest BCUT2D eigenvalue weighted by Crippen LogP contribution is -2.24. The largest absolute Gasteiger partial charge is 0.497 e. The SMILES string of the molecule is COc1ccc(-n2ccc(CNC(=O)c3ccccc3[N+](=O)[O-])n2)cc1. The van der Waals surface area contributed by atoms with E-state index in [9.17, 15) is 14.9 Å². The highest BCUT2D eigenvalue weighted by Crippen LogP contribution is 2.18. The summed E-state index contributed by atoms with van der Waals surface area (Å²) in [6.07, 6.45) is 1.77. The summed E-state index contributed by atoms with van der Waals surface area (Å²) < 4.78 is 6.79. The van der Waals surface area contributed by atoms with Crippen LogP contribution in [0.25, 0.3) is 5.69 Å². The number of methoxy groups -OCH3 is 1. The normalized spacial score (nSPS) is 10.3. The molecule has 1 aromatic heterocycles. The summed E-state index contributed by atoms with van der Waals surface area (Å²) in [6, 6.07) is 15.0. The number of hydrogen-bond acceptors (Lipinski definition) is 5. The smallest absolute Gasteiger partial charge is 0.282 e. The number of carbonyl (C=O) groups is 1. The monoisotopic (exact) mass is 352 g/mol. The van der Waals surface area contributed by atoms with Crippen molar-refractivity contribution in [1.29, 1.82) is 0 Å². The van der Waals surface area contributed by atoms with E-state index in [-0.39, 0.29) is 17.8 Å². The molecule has 0 aliphatic rings. The topological polar surface area (TPSA) is 99.3 Å². The van der Waals surface area contributed by atoms with E-state index in [1.165, 1.54) is 18.2 Å². The molecule has 1 N–H and O–H groups in total. The number of nitro groups is 1. The van der Waals surface area contributed by atoms with Crippen LogP contribution in [0.5, 0.6) is 5.75 Å². The molecule has 8 heteroatoms. The minimum atomic E-state index is -0.576. The Balaban J connectivity index is 1.68. The third-order valence-electron chi connectivity index (χ3n) is 3.76. The van der Waals surface area contributed by atoms with Crippen molar-refractivity contribution in [2.45, 2.75) is 6.54 Å². The van der Waals surface area contributed by atoms with Gasteiger partial charge >= 0.3 is 0 Å². The van der Waals surface area contributed by atoms with Crippen LogP contribution < -0.4 is 10.1 Å². The highest BCUT2D eigenvalue weighted by Gasteiger charge is 2.18. The van der Waals surface area contributed by atoms with Crippen molar-refractivity contribution in [2.75, 3.05) is 7.11 Å². The average Bonchev–Trinajstić information content (AvgIpc) is 3.15. The Morgan fingerprint density at radius 2 is 1.92 bits per heavy atom. The van der Waals surface area contributed by atoms with Crippen molar-refractivity contribution >= 4 is 11.6 Å². The molecule has 3 rings (SSSR count). The van der Waals surface area contributed by atoms with E-state index in [2.05, 4.69) is 10.4 Å². The van der Waals surface area contributed by atoms with Crippen LogP contribution >= 0.6 is 0 Å². The van der Waals surface area contributed by atoms with Crippen LogP contribution in [0.15, 0.2) is 60.8 Å². The molecule has 2 aromatic carbocycles. The Kier molecular flexibility index (Phi) is 4.93. The Morgan fingerprint density at radius 3 is 2.62 bits per heavy atom. The predicted molar refractivity (Wildman–Crippen MR) is 94.4 cm³/mol. The zero-order valence-corrected chi connectivity index (χ0v) is 14.0. The van der Waals surface area contributed by atoms with Gasteiger partial charge in [0.2, 0.25) is 0 Å². The fraction of sp³-hybridized carbons (Fsp3) is 0.111. The lowest BCUT2D eigenvalue weighted by molar-refractivity contribution is -0.385. The summed E-state index contributed by atoms with van der Waals surface area (Å²) in [5, 5.41) is 18.0. The van der Waals surface area contributed by atoms with E-state index >= 15 is 0 Å². The summed E-state index contributed by atoms with van der Waals surface area (Å²) in [7, 11) is 1.60. The van der Waals surface area contributed by atoms with Gasteiger partial charge < -0.3 is 10.1 Å². The number of benzene rings is 2. The van der Waals surface area contributed by atoms with Gasteiger partial charge in [-0.15, -0.1) is 0 Å². The third-order valence-corrected chi connectivity index (χ3v) is 3.76. The number of para-hydroxylation sites is 1. The molecule has 8 nitrogen and oxygen atoms in total. The summed E-state index contributed by atoms with van der Waals surface area (Å²) in [5.74, 6) is 0.231. The molecule has 0 saturated carbocycles. The molecule has 0 fully saturated rings. The zero-order chi connectivity index (χ0) is 18.5. The van der Waals surface area contributed by atoms with Crippen molar-refractivity contribution in [3.63, 3.8) is 0 Å². The van der Waals surface area contributed by atoms with Crippen LogP contribution in [0.4, 0.5) is 5.69 Å². The highest BCUT2D eigenvalue weighted by molar-refractivity contribution is 5.98. The Hall–Kier alpha value is -3.68. The molecular weight excluding hydrogens is 336 g/mol. The number of aromatic nitrogens is 2. The van der Waals surface area contributed by atoms with E-state index in [1.54, 1.807) is 30.1 Å². The van der Waals surface area contributed by atoms with Gasteiger partial charge in [0.25, 0.3) is 11.6 Å². The first-order valence-electron chi connectivity index (χ1n) is 7.79. The van der Waals surface area contributed by atoms with Crippen LogP contribution in [0.3, 0.4) is 0 Å². The molecule has 1 heterocycles. The van der Waals surface area contributed by atoms with Crippen molar-refractivity contribution in [2.24, 2.45) is 0 Å². The number of rotatable bonds is 6. The molecule has 0 bridgehead atoms. The van der Waals surface area contributed by atoms with Gasteiger partial charge in [0.05, 0.1) is 30.0 Å². The summed E-state index contributed by atoms with van der Waals surface area (Å²) in [5.41, 5.74) is 1.27. The van der Waals surface area contributed by atoms with Crippen LogP contribution in [0, 0.1) is 10.1 Å². The van der Waals surface area contributed by atoms with Gasteiger partial charge in [-0.25, -0.2) is 4.68 Å². The van der Waals surface area contributed by atoms with Crippen molar-refractivity contribution in [1.82, 2.24) is 15.1 Å². The molecule has 0 spiro atoms. The maximum Gasteiger partial charge on any atom is 0.282 e. The molecule has 0 atom stereocenters. The summed E-state index contributed by atoms with van der Waals surface area (Å²) in [6.45, 7) is 0.161. The number of nitrogens with zero attached hydrogens (tertiary/aromatic N) is 3. The first-order valence-corrected chi connectivity index (χ1v) is 7.79. The van der Waals surface area contributed by atoms with E-state index in [4.69, 9.17) is 4.74 Å². The predicted octanol–water partition coefficient (Wildman–Crippen LogP) is 2.72. The fourth-order valence-electron chi connectivity index (χ4n) is 2.43. The second kappa shape index (κ2) is 7.47. The van der Waals surface area contributed by atoms with Crippen LogP contribution in [-0.2, 0) is 6.54 Å².